The van der Waals surface area contributed by atoms with Crippen molar-refractivity contribution in [3.8, 4) is 5.75 Å². The third kappa shape index (κ3) is 1.68. The molecule has 0 aliphatic heterocycles. The third-order valence-electron chi connectivity index (χ3n) is 6.81. The highest BCUT2D eigenvalue weighted by Gasteiger charge is 2.54. The zero-order chi connectivity index (χ0) is 14.8. The Morgan fingerprint density at radius 1 is 1.19 bits per heavy atom. The summed E-state index contributed by atoms with van der Waals surface area (Å²) in [5.41, 5.74) is 3.84. The van der Waals surface area contributed by atoms with Gasteiger partial charge in [-0.25, -0.2) is 0 Å². The van der Waals surface area contributed by atoms with E-state index in [4.69, 9.17) is 0 Å². The van der Waals surface area contributed by atoms with Gasteiger partial charge in [0.05, 0.1) is 0 Å². The molecule has 1 N–H and O–H groups in total. The Balaban J connectivity index is 1.79. The van der Waals surface area contributed by atoms with E-state index in [0.717, 1.165) is 32.1 Å². The van der Waals surface area contributed by atoms with Crippen LogP contribution < -0.4 is 0 Å². The molecular weight excluding hydrogens is 260 g/mol. The highest BCUT2D eigenvalue weighted by molar-refractivity contribution is 5.87. The van der Waals surface area contributed by atoms with Crippen LogP contribution in [-0.4, -0.2) is 10.9 Å². The van der Waals surface area contributed by atoms with Crippen molar-refractivity contribution in [2.75, 3.05) is 0 Å². The zero-order valence-corrected chi connectivity index (χ0v) is 13.0. The predicted octanol–water partition coefficient (Wildman–Crippen LogP) is 4.13. The number of aryl methyl sites for hydroxylation is 1. The molecule has 21 heavy (non-hydrogen) atoms. The molecule has 0 radical (unpaired) electrons. The summed E-state index contributed by atoms with van der Waals surface area (Å²) in [5.74, 6) is 2.58. The number of benzene rings is 1. The summed E-state index contributed by atoms with van der Waals surface area (Å²) in [6.07, 6.45) is 6.17. The molecule has 0 unspecified atom stereocenters. The summed E-state index contributed by atoms with van der Waals surface area (Å²) in [7, 11) is 0. The Hall–Kier alpha value is -1.31. The molecule has 0 spiro atoms. The Kier molecular flexibility index (Phi) is 2.76. The number of aromatic hydroxyl groups is 1. The maximum Gasteiger partial charge on any atom is 0.139 e. The van der Waals surface area contributed by atoms with Gasteiger partial charge >= 0.3 is 0 Å². The number of Topliss-reactive ketones (excluding diaryl/α,β-unsaturated/α-hetero) is 1. The van der Waals surface area contributed by atoms with E-state index >= 15 is 0 Å². The van der Waals surface area contributed by atoms with Crippen LogP contribution in [0.5, 0.6) is 5.75 Å². The molecule has 1 aromatic rings. The normalized spacial score (nSPS) is 37.8. The van der Waals surface area contributed by atoms with Gasteiger partial charge in [-0.1, -0.05) is 13.0 Å². The first-order valence-electron chi connectivity index (χ1n) is 8.37. The summed E-state index contributed by atoms with van der Waals surface area (Å²) in [6.45, 7) is 4.36. The van der Waals surface area contributed by atoms with Gasteiger partial charge in [0.25, 0.3) is 0 Å². The fourth-order valence-corrected chi connectivity index (χ4v) is 5.64. The molecule has 2 nitrogen and oxygen atoms in total. The molecule has 4 atom stereocenters. The first kappa shape index (κ1) is 13.4. The fraction of sp³-hybridized carbons (Fsp3) is 0.632. The number of carbonyl (C=O) groups excluding carboxylic acids is 1. The number of phenols is 1. The van der Waals surface area contributed by atoms with Crippen LogP contribution in [0.15, 0.2) is 12.1 Å². The molecule has 1 aromatic carbocycles. The molecule has 112 valence electrons. The Labute approximate surface area is 126 Å². The third-order valence-corrected chi connectivity index (χ3v) is 6.81. The van der Waals surface area contributed by atoms with Crippen LogP contribution in [0.25, 0.3) is 0 Å². The molecule has 2 saturated carbocycles. The van der Waals surface area contributed by atoms with Gasteiger partial charge < -0.3 is 5.11 Å². The van der Waals surface area contributed by atoms with Crippen molar-refractivity contribution in [1.82, 2.24) is 0 Å². The molecule has 0 bridgehead atoms. The largest absolute Gasteiger partial charge is 0.508 e. The van der Waals surface area contributed by atoms with Crippen LogP contribution in [0.1, 0.15) is 61.6 Å². The zero-order valence-electron chi connectivity index (χ0n) is 13.0. The second kappa shape index (κ2) is 4.34. The smallest absolute Gasteiger partial charge is 0.139 e. The van der Waals surface area contributed by atoms with Gasteiger partial charge in [-0.2, -0.15) is 0 Å². The standard InChI is InChI=1S/C19H24O2/c1-11-3-7-16(20)18-12(11)4-5-13-14(18)9-10-19(2)15(13)6-8-17(19)21/h3,7,13-15,20H,4-6,8-10H2,1-2H3/t13-,14+,15-,19+/m1/s1. The average Bonchev–Trinajstić information content (AvgIpc) is 2.78. The highest BCUT2D eigenvalue weighted by Crippen LogP contribution is 2.60. The lowest BCUT2D eigenvalue weighted by atomic mass is 9.55. The van der Waals surface area contributed by atoms with Crippen LogP contribution in [-0.2, 0) is 11.2 Å². The second-order valence-electron chi connectivity index (χ2n) is 7.63. The van der Waals surface area contributed by atoms with Crippen molar-refractivity contribution in [3.05, 3.63) is 28.8 Å². The van der Waals surface area contributed by atoms with Gasteiger partial charge in [0.1, 0.15) is 11.5 Å². The van der Waals surface area contributed by atoms with Crippen LogP contribution >= 0.6 is 0 Å². The first-order valence-corrected chi connectivity index (χ1v) is 8.37. The quantitative estimate of drug-likeness (QED) is 0.778. The van der Waals surface area contributed by atoms with Gasteiger partial charge in [0.2, 0.25) is 0 Å². The predicted molar refractivity (Wildman–Crippen MR) is 82.5 cm³/mol. The van der Waals surface area contributed by atoms with E-state index < -0.39 is 0 Å². The number of hydrogen-bond donors (Lipinski definition) is 1. The fourth-order valence-electron chi connectivity index (χ4n) is 5.64. The Bertz CT molecular complexity index is 618. The molecule has 0 amide bonds. The van der Waals surface area contributed by atoms with Crippen molar-refractivity contribution in [2.24, 2.45) is 17.3 Å². The molecule has 0 heterocycles. The second-order valence-corrected chi connectivity index (χ2v) is 7.63. The number of phenolic OH excluding ortho intramolecular Hbond substituents is 1. The van der Waals surface area contributed by atoms with E-state index in [9.17, 15) is 9.90 Å². The van der Waals surface area contributed by atoms with E-state index in [1.807, 2.05) is 12.1 Å². The van der Waals surface area contributed by atoms with Crippen LogP contribution in [0.3, 0.4) is 0 Å². The number of hydrogen-bond acceptors (Lipinski definition) is 2. The lowest BCUT2D eigenvalue weighted by molar-refractivity contribution is -0.129. The molecule has 4 rings (SSSR count). The lowest BCUT2D eigenvalue weighted by Gasteiger charge is -2.48. The molecule has 0 aromatic heterocycles. The summed E-state index contributed by atoms with van der Waals surface area (Å²) >= 11 is 0. The first-order chi connectivity index (χ1) is 10.0. The molecule has 3 aliphatic rings. The van der Waals surface area contributed by atoms with Gasteiger partial charge in [0.15, 0.2) is 0 Å². The van der Waals surface area contributed by atoms with Crippen LogP contribution in [0.4, 0.5) is 0 Å². The molecule has 2 fully saturated rings. The Morgan fingerprint density at radius 3 is 2.81 bits per heavy atom. The number of carbonyl (C=O) groups is 1. The van der Waals surface area contributed by atoms with E-state index in [0.29, 0.717) is 29.3 Å². The molecular formula is C19H24O2. The number of ketones is 1. The summed E-state index contributed by atoms with van der Waals surface area (Å²) in [4.78, 5) is 12.3. The van der Waals surface area contributed by atoms with Gasteiger partial charge in [0, 0.05) is 17.4 Å². The van der Waals surface area contributed by atoms with Crippen molar-refractivity contribution in [1.29, 1.82) is 0 Å². The summed E-state index contributed by atoms with van der Waals surface area (Å²) in [6, 6.07) is 3.91. The average molecular weight is 284 g/mol. The van der Waals surface area contributed by atoms with Crippen molar-refractivity contribution in [3.63, 3.8) is 0 Å². The summed E-state index contributed by atoms with van der Waals surface area (Å²) in [5, 5.41) is 10.4. The lowest BCUT2D eigenvalue weighted by Crippen LogP contribution is -2.42. The molecule has 3 aliphatic carbocycles. The van der Waals surface area contributed by atoms with Gasteiger partial charge in [-0.3, -0.25) is 4.79 Å². The maximum absolute atomic E-state index is 12.3. The van der Waals surface area contributed by atoms with Gasteiger partial charge in [-0.05, 0) is 74.0 Å². The minimum atomic E-state index is -0.0713. The minimum Gasteiger partial charge on any atom is -0.508 e. The van der Waals surface area contributed by atoms with Crippen molar-refractivity contribution < 1.29 is 9.90 Å². The summed E-state index contributed by atoms with van der Waals surface area (Å²) < 4.78 is 0. The van der Waals surface area contributed by atoms with E-state index in [1.165, 1.54) is 23.1 Å². The molecule has 0 saturated heterocycles. The van der Waals surface area contributed by atoms with E-state index in [2.05, 4.69) is 13.8 Å². The van der Waals surface area contributed by atoms with Crippen molar-refractivity contribution in [2.45, 2.75) is 58.3 Å². The minimum absolute atomic E-state index is 0.0713. The van der Waals surface area contributed by atoms with Crippen LogP contribution in [0.2, 0.25) is 0 Å². The molecule has 2 heteroatoms. The number of fused-ring (bicyclic) bond motifs is 5. The van der Waals surface area contributed by atoms with Crippen molar-refractivity contribution >= 4 is 5.78 Å². The number of rotatable bonds is 0. The maximum atomic E-state index is 12.3. The SMILES string of the molecule is Cc1ccc(O)c2c1CC[C@@H]1[C@@H]2CC[C@]2(C)C(=O)CC[C@H]12. The van der Waals surface area contributed by atoms with Crippen LogP contribution in [0, 0.1) is 24.2 Å². The monoisotopic (exact) mass is 284 g/mol. The van der Waals surface area contributed by atoms with E-state index in [-0.39, 0.29) is 5.41 Å². The van der Waals surface area contributed by atoms with Gasteiger partial charge in [-0.15, -0.1) is 0 Å². The van der Waals surface area contributed by atoms with E-state index in [1.54, 1.807) is 0 Å². The topological polar surface area (TPSA) is 37.3 Å². The highest BCUT2D eigenvalue weighted by atomic mass is 16.3. The Morgan fingerprint density at radius 2 is 2.00 bits per heavy atom.